The highest BCUT2D eigenvalue weighted by molar-refractivity contribution is 9.09. The molecule has 4 heteroatoms. The number of ether oxygens (including phenoxy) is 2. The van der Waals surface area contributed by atoms with Crippen LogP contribution in [-0.4, -0.2) is 24.1 Å². The molecular formula is C15H20BrClO2. The van der Waals surface area contributed by atoms with Gasteiger partial charge in [-0.25, -0.2) is 0 Å². The van der Waals surface area contributed by atoms with E-state index in [-0.39, 0.29) is 12.2 Å². The zero-order valence-corrected chi connectivity index (χ0v) is 14.1. The third-order valence-corrected chi connectivity index (χ3v) is 4.87. The Kier molecular flexibility index (Phi) is 4.80. The lowest BCUT2D eigenvalue weighted by atomic mass is 9.91. The number of aryl methyl sites for hydroxylation is 1. The molecule has 0 aliphatic heterocycles. The van der Waals surface area contributed by atoms with Crippen LogP contribution in [0.1, 0.15) is 37.3 Å². The second-order valence-electron chi connectivity index (χ2n) is 5.40. The second kappa shape index (κ2) is 6.02. The summed E-state index contributed by atoms with van der Waals surface area (Å²) in [5, 5.41) is 0.815. The van der Waals surface area contributed by atoms with Gasteiger partial charge in [0, 0.05) is 23.4 Å². The zero-order chi connectivity index (χ0) is 14.2. The van der Waals surface area contributed by atoms with Gasteiger partial charge in [-0.05, 0) is 36.1 Å². The molecule has 0 bridgehead atoms. The van der Waals surface area contributed by atoms with Crippen LogP contribution in [0.2, 0.25) is 5.02 Å². The Morgan fingerprint density at radius 3 is 2.58 bits per heavy atom. The van der Waals surface area contributed by atoms with Crippen molar-refractivity contribution in [1.29, 1.82) is 0 Å². The lowest BCUT2D eigenvalue weighted by Gasteiger charge is -2.40. The first-order valence-electron chi connectivity index (χ1n) is 6.57. The molecule has 2 nitrogen and oxygen atoms in total. The first kappa shape index (κ1) is 15.1. The van der Waals surface area contributed by atoms with Gasteiger partial charge in [-0.1, -0.05) is 41.4 Å². The van der Waals surface area contributed by atoms with Crippen molar-refractivity contribution >= 4 is 27.5 Å². The minimum atomic E-state index is 0.120. The summed E-state index contributed by atoms with van der Waals surface area (Å²) in [5.74, 6) is 1.30. The highest BCUT2D eigenvalue weighted by Crippen LogP contribution is 2.37. The van der Waals surface area contributed by atoms with Crippen molar-refractivity contribution in [1.82, 2.24) is 0 Å². The Hall–Kier alpha value is -0.250. The van der Waals surface area contributed by atoms with Crippen molar-refractivity contribution in [3.8, 4) is 5.75 Å². The van der Waals surface area contributed by atoms with Crippen molar-refractivity contribution in [2.24, 2.45) is 0 Å². The van der Waals surface area contributed by atoms with E-state index in [1.807, 2.05) is 13.0 Å². The van der Waals surface area contributed by atoms with Crippen LogP contribution in [0, 0.1) is 6.92 Å². The smallest absolute Gasteiger partial charge is 0.127 e. The van der Waals surface area contributed by atoms with Gasteiger partial charge < -0.3 is 9.47 Å². The summed E-state index contributed by atoms with van der Waals surface area (Å²) < 4.78 is 11.5. The first-order chi connectivity index (χ1) is 8.93. The highest BCUT2D eigenvalue weighted by atomic mass is 79.9. The summed E-state index contributed by atoms with van der Waals surface area (Å²) in [6.45, 7) is 6.30. The molecule has 1 aromatic rings. The van der Waals surface area contributed by atoms with E-state index in [0.717, 1.165) is 28.3 Å². The molecule has 0 amide bonds. The Morgan fingerprint density at radius 2 is 2.05 bits per heavy atom. The van der Waals surface area contributed by atoms with E-state index in [4.69, 9.17) is 21.1 Å². The van der Waals surface area contributed by atoms with Crippen LogP contribution >= 0.6 is 27.5 Å². The topological polar surface area (TPSA) is 18.5 Å². The molecule has 3 unspecified atom stereocenters. The molecular weight excluding hydrogens is 328 g/mol. The van der Waals surface area contributed by atoms with Gasteiger partial charge >= 0.3 is 0 Å². The normalized spacial score (nSPS) is 26.4. The quantitative estimate of drug-likeness (QED) is 0.735. The molecule has 106 valence electrons. The van der Waals surface area contributed by atoms with Gasteiger partial charge in [0.15, 0.2) is 0 Å². The molecule has 0 saturated heterocycles. The van der Waals surface area contributed by atoms with E-state index in [1.165, 1.54) is 0 Å². The maximum absolute atomic E-state index is 6.27. The lowest BCUT2D eigenvalue weighted by molar-refractivity contribution is -0.0547. The number of benzene rings is 1. The molecule has 1 aliphatic carbocycles. The van der Waals surface area contributed by atoms with Gasteiger partial charge in [-0.3, -0.25) is 0 Å². The highest BCUT2D eigenvalue weighted by Gasteiger charge is 2.41. The maximum atomic E-state index is 6.27. The van der Waals surface area contributed by atoms with Gasteiger partial charge in [-0.15, -0.1) is 0 Å². The maximum Gasteiger partial charge on any atom is 0.127 e. The SMILES string of the molecule is COC1C(Br)CC1Oc1cc(C(C)C)c(Cl)cc1C. The number of alkyl halides is 1. The predicted molar refractivity (Wildman–Crippen MR) is 82.8 cm³/mol. The van der Waals surface area contributed by atoms with Gasteiger partial charge in [0.1, 0.15) is 18.0 Å². The van der Waals surface area contributed by atoms with E-state index in [2.05, 4.69) is 35.8 Å². The fraction of sp³-hybridized carbons (Fsp3) is 0.600. The van der Waals surface area contributed by atoms with Crippen LogP contribution in [-0.2, 0) is 4.74 Å². The monoisotopic (exact) mass is 346 g/mol. The molecule has 2 rings (SSSR count). The predicted octanol–water partition coefficient (Wildman–Crippen LogP) is 4.70. The summed E-state index contributed by atoms with van der Waals surface area (Å²) in [6, 6.07) is 4.05. The third-order valence-electron chi connectivity index (χ3n) is 3.65. The lowest BCUT2D eigenvalue weighted by Crippen LogP contribution is -2.51. The number of halogens is 2. The number of rotatable bonds is 4. The van der Waals surface area contributed by atoms with Crippen LogP contribution < -0.4 is 4.74 Å². The number of methoxy groups -OCH3 is 1. The largest absolute Gasteiger partial charge is 0.487 e. The number of hydrogen-bond acceptors (Lipinski definition) is 2. The van der Waals surface area contributed by atoms with Crippen molar-refractivity contribution in [3.63, 3.8) is 0 Å². The Bertz CT molecular complexity index is 462. The zero-order valence-electron chi connectivity index (χ0n) is 11.7. The van der Waals surface area contributed by atoms with Crippen molar-refractivity contribution in [2.45, 2.75) is 50.1 Å². The Balaban J connectivity index is 2.19. The average Bonchev–Trinajstić information content (AvgIpc) is 2.31. The van der Waals surface area contributed by atoms with Crippen LogP contribution in [0.25, 0.3) is 0 Å². The second-order valence-corrected chi connectivity index (χ2v) is 6.99. The molecule has 1 aliphatic rings. The van der Waals surface area contributed by atoms with Crippen LogP contribution in [0.3, 0.4) is 0 Å². The number of hydrogen-bond donors (Lipinski definition) is 0. The molecule has 1 saturated carbocycles. The molecule has 1 fully saturated rings. The fourth-order valence-electron chi connectivity index (χ4n) is 2.34. The Morgan fingerprint density at radius 1 is 1.37 bits per heavy atom. The van der Waals surface area contributed by atoms with Gasteiger partial charge in [0.25, 0.3) is 0 Å². The van der Waals surface area contributed by atoms with Gasteiger partial charge in [-0.2, -0.15) is 0 Å². The molecule has 3 atom stereocenters. The summed E-state index contributed by atoms with van der Waals surface area (Å²) in [5.41, 5.74) is 2.20. The van der Waals surface area contributed by atoms with Crippen LogP contribution in [0.4, 0.5) is 0 Å². The average molecular weight is 348 g/mol. The fourth-order valence-corrected chi connectivity index (χ4v) is 3.70. The molecule has 0 heterocycles. The van der Waals surface area contributed by atoms with Crippen LogP contribution in [0.5, 0.6) is 5.75 Å². The molecule has 1 aromatic carbocycles. The van der Waals surface area contributed by atoms with Crippen LogP contribution in [0.15, 0.2) is 12.1 Å². The van der Waals surface area contributed by atoms with E-state index in [9.17, 15) is 0 Å². The summed E-state index contributed by atoms with van der Waals surface area (Å²) in [4.78, 5) is 0.389. The molecule has 0 spiro atoms. The van der Waals surface area contributed by atoms with E-state index in [0.29, 0.717) is 10.7 Å². The van der Waals surface area contributed by atoms with Crippen molar-refractivity contribution < 1.29 is 9.47 Å². The molecule has 0 N–H and O–H groups in total. The van der Waals surface area contributed by atoms with Gasteiger partial charge in [0.05, 0.1) is 0 Å². The van der Waals surface area contributed by atoms with E-state index < -0.39 is 0 Å². The molecule has 0 radical (unpaired) electrons. The minimum Gasteiger partial charge on any atom is -0.487 e. The van der Waals surface area contributed by atoms with Gasteiger partial charge in [0.2, 0.25) is 0 Å². The summed E-state index contributed by atoms with van der Waals surface area (Å²) >= 11 is 9.85. The molecule has 19 heavy (non-hydrogen) atoms. The third kappa shape index (κ3) is 3.09. The standard InChI is InChI=1S/C15H20BrClO2/c1-8(2)10-6-13(9(3)5-12(10)17)19-14-7-11(16)15(14)18-4/h5-6,8,11,14-15H,7H2,1-4H3. The van der Waals surface area contributed by atoms with Crippen molar-refractivity contribution in [2.75, 3.05) is 7.11 Å². The van der Waals surface area contributed by atoms with E-state index >= 15 is 0 Å². The minimum absolute atomic E-state index is 0.120. The Labute approximate surface area is 128 Å². The van der Waals surface area contributed by atoms with E-state index in [1.54, 1.807) is 7.11 Å². The summed E-state index contributed by atoms with van der Waals surface area (Å²) in [7, 11) is 1.72. The molecule has 0 aromatic heterocycles. The summed E-state index contributed by atoms with van der Waals surface area (Å²) in [6.07, 6.45) is 1.21. The van der Waals surface area contributed by atoms with Crippen molar-refractivity contribution in [3.05, 3.63) is 28.3 Å². The first-order valence-corrected chi connectivity index (χ1v) is 7.87.